The topological polar surface area (TPSA) is 41.3 Å². The third-order valence-electron chi connectivity index (χ3n) is 3.03. The third kappa shape index (κ3) is 3.83. The van der Waals surface area contributed by atoms with Crippen molar-refractivity contribution in [2.45, 2.75) is 26.9 Å². The third-order valence-corrected chi connectivity index (χ3v) is 3.03. The molecule has 2 rings (SSSR count). The molecule has 0 saturated carbocycles. The van der Waals surface area contributed by atoms with Gasteiger partial charge in [0.15, 0.2) is 5.76 Å². The van der Waals surface area contributed by atoms with Gasteiger partial charge in [-0.1, -0.05) is 29.8 Å². The van der Waals surface area contributed by atoms with E-state index < -0.39 is 0 Å². The van der Waals surface area contributed by atoms with Crippen LogP contribution in [0, 0.1) is 6.92 Å². The Kier molecular flexibility index (Phi) is 4.58. The van der Waals surface area contributed by atoms with E-state index in [0.717, 1.165) is 31.1 Å². The Morgan fingerprint density at radius 2 is 2.00 bits per heavy atom. The van der Waals surface area contributed by atoms with E-state index in [1.54, 1.807) is 0 Å². The summed E-state index contributed by atoms with van der Waals surface area (Å²) in [6.07, 6.45) is 0. The molecule has 0 fully saturated rings. The van der Waals surface area contributed by atoms with Gasteiger partial charge in [-0.25, -0.2) is 0 Å². The second-order valence-electron chi connectivity index (χ2n) is 4.76. The molecule has 0 amide bonds. The predicted octanol–water partition coefficient (Wildman–Crippen LogP) is 2.73. The fourth-order valence-corrected chi connectivity index (χ4v) is 1.89. The number of aryl methyl sites for hydroxylation is 1. The molecule has 0 bridgehead atoms. The van der Waals surface area contributed by atoms with E-state index in [1.807, 2.05) is 6.07 Å². The van der Waals surface area contributed by atoms with E-state index in [0.29, 0.717) is 0 Å². The number of hydrogen-bond acceptors (Lipinski definition) is 4. The van der Waals surface area contributed by atoms with Crippen LogP contribution in [0.4, 0.5) is 5.69 Å². The monoisotopic (exact) mass is 259 g/mol. The summed E-state index contributed by atoms with van der Waals surface area (Å²) in [4.78, 5) is 2.15. The number of rotatable bonds is 6. The van der Waals surface area contributed by atoms with E-state index in [9.17, 15) is 0 Å². The van der Waals surface area contributed by atoms with Crippen LogP contribution in [-0.2, 0) is 13.1 Å². The molecule has 4 heteroatoms. The molecule has 1 aromatic carbocycles. The van der Waals surface area contributed by atoms with Crippen molar-refractivity contribution in [3.63, 3.8) is 0 Å². The molecule has 0 radical (unpaired) electrons. The standard InChI is InChI=1S/C15H21N3O/c1-4-16-10-13-9-15(19-17-13)11-18(3)14-7-5-12(2)6-8-14/h5-9,16H,4,10-11H2,1-3H3. The lowest BCUT2D eigenvalue weighted by Crippen LogP contribution is -2.15. The highest BCUT2D eigenvalue weighted by molar-refractivity contribution is 5.46. The van der Waals surface area contributed by atoms with Crippen molar-refractivity contribution in [2.75, 3.05) is 18.5 Å². The van der Waals surface area contributed by atoms with Crippen molar-refractivity contribution in [3.8, 4) is 0 Å². The molecule has 4 nitrogen and oxygen atoms in total. The lowest BCUT2D eigenvalue weighted by molar-refractivity contribution is 0.375. The van der Waals surface area contributed by atoms with Gasteiger partial charge >= 0.3 is 0 Å². The minimum atomic E-state index is 0.724. The summed E-state index contributed by atoms with van der Waals surface area (Å²) in [7, 11) is 2.05. The fourth-order valence-electron chi connectivity index (χ4n) is 1.89. The van der Waals surface area contributed by atoms with Crippen LogP contribution in [0.2, 0.25) is 0 Å². The molecule has 0 unspecified atom stereocenters. The minimum Gasteiger partial charge on any atom is -0.367 e. The SMILES string of the molecule is CCNCc1cc(CN(C)c2ccc(C)cc2)on1. The van der Waals surface area contributed by atoms with Gasteiger partial charge in [0.25, 0.3) is 0 Å². The van der Waals surface area contributed by atoms with Crippen molar-refractivity contribution < 1.29 is 4.52 Å². The van der Waals surface area contributed by atoms with Crippen molar-refractivity contribution in [3.05, 3.63) is 47.3 Å². The molecule has 0 saturated heterocycles. The van der Waals surface area contributed by atoms with Gasteiger partial charge in [-0.05, 0) is 25.6 Å². The molecular formula is C15H21N3O. The Balaban J connectivity index is 1.96. The van der Waals surface area contributed by atoms with Crippen LogP contribution in [0.15, 0.2) is 34.9 Å². The molecule has 1 heterocycles. The normalized spacial score (nSPS) is 10.7. The van der Waals surface area contributed by atoms with Crippen LogP contribution < -0.4 is 10.2 Å². The second kappa shape index (κ2) is 6.38. The second-order valence-corrected chi connectivity index (χ2v) is 4.76. The van der Waals surface area contributed by atoms with E-state index in [-0.39, 0.29) is 0 Å². The first-order valence-corrected chi connectivity index (χ1v) is 6.62. The number of benzene rings is 1. The molecule has 102 valence electrons. The Bertz CT molecular complexity index is 504. The first kappa shape index (κ1) is 13.6. The van der Waals surface area contributed by atoms with Gasteiger partial charge in [-0.2, -0.15) is 0 Å². The van der Waals surface area contributed by atoms with Crippen LogP contribution in [0.5, 0.6) is 0 Å². The smallest absolute Gasteiger partial charge is 0.156 e. The maximum absolute atomic E-state index is 5.35. The Morgan fingerprint density at radius 3 is 2.68 bits per heavy atom. The average molecular weight is 259 g/mol. The van der Waals surface area contributed by atoms with Crippen molar-refractivity contribution in [2.24, 2.45) is 0 Å². The molecule has 1 N–H and O–H groups in total. The van der Waals surface area contributed by atoms with E-state index >= 15 is 0 Å². The minimum absolute atomic E-state index is 0.724. The Morgan fingerprint density at radius 1 is 1.26 bits per heavy atom. The van der Waals surface area contributed by atoms with Crippen LogP contribution in [0.1, 0.15) is 23.9 Å². The zero-order chi connectivity index (χ0) is 13.7. The van der Waals surface area contributed by atoms with E-state index in [4.69, 9.17) is 4.52 Å². The number of nitrogens with one attached hydrogen (secondary N) is 1. The predicted molar refractivity (Wildman–Crippen MR) is 77.2 cm³/mol. The molecular weight excluding hydrogens is 238 g/mol. The highest BCUT2D eigenvalue weighted by Gasteiger charge is 2.07. The first-order chi connectivity index (χ1) is 9.19. The van der Waals surface area contributed by atoms with Crippen molar-refractivity contribution in [1.29, 1.82) is 0 Å². The summed E-state index contributed by atoms with van der Waals surface area (Å²) in [5, 5.41) is 7.28. The molecule has 0 atom stereocenters. The number of hydrogen-bond donors (Lipinski definition) is 1. The highest BCUT2D eigenvalue weighted by atomic mass is 16.5. The van der Waals surface area contributed by atoms with Gasteiger partial charge < -0.3 is 14.7 Å². The van der Waals surface area contributed by atoms with Crippen LogP contribution >= 0.6 is 0 Å². The average Bonchev–Trinajstić information content (AvgIpc) is 2.84. The Labute approximate surface area is 114 Å². The Hall–Kier alpha value is -1.81. The summed E-state index contributed by atoms with van der Waals surface area (Å²) in [6.45, 7) is 6.58. The fraction of sp³-hybridized carbons (Fsp3) is 0.400. The summed E-state index contributed by atoms with van der Waals surface area (Å²) in [5.74, 6) is 0.885. The summed E-state index contributed by atoms with van der Waals surface area (Å²) >= 11 is 0. The number of aromatic nitrogens is 1. The summed E-state index contributed by atoms with van der Waals surface area (Å²) < 4.78 is 5.35. The summed E-state index contributed by atoms with van der Waals surface area (Å²) in [6, 6.07) is 10.5. The van der Waals surface area contributed by atoms with Crippen molar-refractivity contribution >= 4 is 5.69 Å². The molecule has 0 spiro atoms. The maximum atomic E-state index is 5.35. The molecule has 0 aliphatic carbocycles. The van der Waals surface area contributed by atoms with Crippen LogP contribution in [-0.4, -0.2) is 18.7 Å². The van der Waals surface area contributed by atoms with Gasteiger partial charge in [0.2, 0.25) is 0 Å². The quantitative estimate of drug-likeness (QED) is 0.866. The zero-order valence-electron chi connectivity index (χ0n) is 11.8. The molecule has 0 aliphatic heterocycles. The van der Waals surface area contributed by atoms with E-state index in [1.165, 1.54) is 11.3 Å². The summed E-state index contributed by atoms with van der Waals surface area (Å²) in [5.41, 5.74) is 3.40. The van der Waals surface area contributed by atoms with Crippen molar-refractivity contribution in [1.82, 2.24) is 10.5 Å². The van der Waals surface area contributed by atoms with Crippen LogP contribution in [0.25, 0.3) is 0 Å². The van der Waals surface area contributed by atoms with E-state index in [2.05, 4.69) is 60.5 Å². The largest absolute Gasteiger partial charge is 0.367 e. The lowest BCUT2D eigenvalue weighted by atomic mass is 10.2. The highest BCUT2D eigenvalue weighted by Crippen LogP contribution is 2.16. The van der Waals surface area contributed by atoms with Gasteiger partial charge in [0, 0.05) is 25.3 Å². The van der Waals surface area contributed by atoms with Gasteiger partial charge in [-0.15, -0.1) is 0 Å². The molecule has 1 aromatic heterocycles. The van der Waals surface area contributed by atoms with Crippen LogP contribution in [0.3, 0.4) is 0 Å². The maximum Gasteiger partial charge on any atom is 0.156 e. The number of nitrogens with zero attached hydrogens (tertiary/aromatic N) is 2. The number of anilines is 1. The first-order valence-electron chi connectivity index (χ1n) is 6.62. The lowest BCUT2D eigenvalue weighted by Gasteiger charge is -2.17. The molecule has 0 aliphatic rings. The van der Waals surface area contributed by atoms with Gasteiger partial charge in [-0.3, -0.25) is 0 Å². The van der Waals surface area contributed by atoms with Gasteiger partial charge in [0.1, 0.15) is 0 Å². The van der Waals surface area contributed by atoms with Gasteiger partial charge in [0.05, 0.1) is 12.2 Å². The molecule has 2 aromatic rings. The molecule has 19 heavy (non-hydrogen) atoms. The zero-order valence-corrected chi connectivity index (χ0v) is 11.8.